The molecule has 0 bridgehead atoms. The molecular formula is C25H31N3O6S. The number of benzene rings is 2. The van der Waals surface area contributed by atoms with Gasteiger partial charge in [0.05, 0.1) is 5.52 Å². The molecule has 3 rings (SSSR count). The number of fused-ring (bicyclic) bond motifs is 1. The molecule has 10 heteroatoms. The van der Waals surface area contributed by atoms with E-state index in [2.05, 4.69) is 9.71 Å². The normalized spacial score (nSPS) is 13.0. The number of hydrogen-bond donors (Lipinski definition) is 4. The van der Waals surface area contributed by atoms with Gasteiger partial charge in [0, 0.05) is 5.39 Å². The van der Waals surface area contributed by atoms with Gasteiger partial charge in [-0.1, -0.05) is 62.4 Å². The van der Waals surface area contributed by atoms with Gasteiger partial charge in [-0.05, 0) is 48.9 Å². The van der Waals surface area contributed by atoms with Crippen molar-refractivity contribution in [3.63, 3.8) is 0 Å². The van der Waals surface area contributed by atoms with Crippen molar-refractivity contribution in [2.45, 2.75) is 50.2 Å². The lowest BCUT2D eigenvalue weighted by Gasteiger charge is -2.14. The zero-order chi connectivity index (χ0) is 26.0. The number of nitrogens with one attached hydrogen (secondary N) is 1. The predicted molar refractivity (Wildman–Crippen MR) is 133 cm³/mol. The molecule has 0 radical (unpaired) electrons. The Morgan fingerprint density at radius 2 is 1.57 bits per heavy atom. The summed E-state index contributed by atoms with van der Waals surface area (Å²) >= 11 is 0. The van der Waals surface area contributed by atoms with Crippen molar-refractivity contribution in [2.24, 2.45) is 11.7 Å². The maximum atomic E-state index is 12.6. The molecule has 0 aliphatic rings. The molecule has 1 aromatic heterocycles. The van der Waals surface area contributed by atoms with E-state index in [4.69, 9.17) is 10.8 Å². The summed E-state index contributed by atoms with van der Waals surface area (Å²) in [5.74, 6) is -1.77. The molecule has 1 heterocycles. The van der Waals surface area contributed by atoms with E-state index in [0.717, 1.165) is 10.9 Å². The molecular weight excluding hydrogens is 470 g/mol. The summed E-state index contributed by atoms with van der Waals surface area (Å²) in [5.41, 5.74) is 6.70. The molecule has 0 saturated heterocycles. The fourth-order valence-electron chi connectivity index (χ4n) is 3.24. The average Bonchev–Trinajstić information content (AvgIpc) is 2.82. The third kappa shape index (κ3) is 9.08. The fraction of sp³-hybridized carbons (Fsp3) is 0.320. The molecule has 0 aliphatic carbocycles. The van der Waals surface area contributed by atoms with Crippen molar-refractivity contribution in [3.8, 4) is 0 Å². The highest BCUT2D eigenvalue weighted by atomic mass is 32.2. The van der Waals surface area contributed by atoms with Crippen LogP contribution >= 0.6 is 0 Å². The Balaban J connectivity index is 0.000000410. The topological polar surface area (TPSA) is 160 Å². The van der Waals surface area contributed by atoms with Crippen LogP contribution in [0.2, 0.25) is 0 Å². The molecule has 0 amide bonds. The zero-order valence-electron chi connectivity index (χ0n) is 19.7. The van der Waals surface area contributed by atoms with E-state index in [1.165, 1.54) is 6.07 Å². The molecule has 0 unspecified atom stereocenters. The van der Waals surface area contributed by atoms with E-state index in [-0.39, 0.29) is 11.4 Å². The zero-order valence-corrected chi connectivity index (χ0v) is 20.5. The summed E-state index contributed by atoms with van der Waals surface area (Å²) in [4.78, 5) is 25.7. The number of nitrogens with two attached hydrogens (primary N) is 1. The Bertz CT molecular complexity index is 1230. The number of aryl methyl sites for hydroxylation is 1. The monoisotopic (exact) mass is 501 g/mol. The van der Waals surface area contributed by atoms with Crippen LogP contribution in [0.3, 0.4) is 0 Å². The van der Waals surface area contributed by atoms with Crippen LogP contribution in [0.1, 0.15) is 32.3 Å². The fourth-order valence-corrected chi connectivity index (χ4v) is 4.42. The number of hydrogen-bond acceptors (Lipinski definition) is 6. The second-order valence-electron chi connectivity index (χ2n) is 8.45. The SMILES string of the molecule is CC(C)C[C@H](N)C(=O)O.O=C(O)[C@H](CCc1ccccc1)NS(=O)(=O)c1ccc2ccccc2n1. The average molecular weight is 502 g/mol. The van der Waals surface area contributed by atoms with Crippen molar-refractivity contribution in [1.29, 1.82) is 0 Å². The Kier molecular flexibility index (Phi) is 10.3. The van der Waals surface area contributed by atoms with Crippen molar-refractivity contribution < 1.29 is 28.2 Å². The van der Waals surface area contributed by atoms with Gasteiger partial charge >= 0.3 is 11.9 Å². The molecule has 188 valence electrons. The van der Waals surface area contributed by atoms with Crippen LogP contribution in [0.25, 0.3) is 10.9 Å². The van der Waals surface area contributed by atoms with Gasteiger partial charge in [0.25, 0.3) is 10.0 Å². The lowest BCUT2D eigenvalue weighted by Crippen LogP contribution is -2.41. The molecule has 2 aromatic carbocycles. The highest BCUT2D eigenvalue weighted by Gasteiger charge is 2.26. The van der Waals surface area contributed by atoms with Gasteiger partial charge in [0.1, 0.15) is 12.1 Å². The Labute approximate surface area is 205 Å². The molecule has 35 heavy (non-hydrogen) atoms. The third-order valence-electron chi connectivity index (χ3n) is 5.05. The van der Waals surface area contributed by atoms with E-state index in [1.54, 1.807) is 18.2 Å². The Morgan fingerprint density at radius 3 is 2.14 bits per heavy atom. The second kappa shape index (κ2) is 12.9. The number of nitrogens with zero attached hydrogens (tertiary/aromatic N) is 1. The van der Waals surface area contributed by atoms with Crippen molar-refractivity contribution in [3.05, 3.63) is 72.3 Å². The number of para-hydroxylation sites is 1. The van der Waals surface area contributed by atoms with Gasteiger partial charge in [-0.15, -0.1) is 0 Å². The third-order valence-corrected chi connectivity index (χ3v) is 6.42. The highest BCUT2D eigenvalue weighted by molar-refractivity contribution is 7.89. The molecule has 0 saturated carbocycles. The molecule has 0 aliphatic heterocycles. The van der Waals surface area contributed by atoms with Gasteiger partial charge in [-0.3, -0.25) is 9.59 Å². The first-order valence-corrected chi connectivity index (χ1v) is 12.6. The van der Waals surface area contributed by atoms with E-state index in [0.29, 0.717) is 24.3 Å². The smallest absolute Gasteiger partial charge is 0.321 e. The number of aliphatic carboxylic acids is 2. The minimum Gasteiger partial charge on any atom is -0.480 e. The predicted octanol–water partition coefficient (Wildman–Crippen LogP) is 3.04. The number of carboxylic acid groups (broad SMARTS) is 2. The summed E-state index contributed by atoms with van der Waals surface area (Å²) in [6.07, 6.45) is 1.15. The molecule has 5 N–H and O–H groups in total. The number of carboxylic acids is 2. The van der Waals surface area contributed by atoms with Crippen LogP contribution in [0.5, 0.6) is 0 Å². The number of pyridine rings is 1. The van der Waals surface area contributed by atoms with Gasteiger partial charge in [0.2, 0.25) is 0 Å². The van der Waals surface area contributed by atoms with Crippen LogP contribution in [-0.4, -0.2) is 47.6 Å². The van der Waals surface area contributed by atoms with Gasteiger partial charge in [0.15, 0.2) is 5.03 Å². The highest BCUT2D eigenvalue weighted by Crippen LogP contribution is 2.16. The van der Waals surface area contributed by atoms with Crippen LogP contribution in [0, 0.1) is 5.92 Å². The van der Waals surface area contributed by atoms with Crippen molar-refractivity contribution >= 4 is 32.9 Å². The number of sulfonamides is 1. The van der Waals surface area contributed by atoms with E-state index >= 15 is 0 Å². The minimum absolute atomic E-state index is 0.145. The van der Waals surface area contributed by atoms with Gasteiger partial charge in [-0.25, -0.2) is 13.4 Å². The van der Waals surface area contributed by atoms with E-state index in [9.17, 15) is 23.1 Å². The van der Waals surface area contributed by atoms with Crippen LogP contribution in [-0.2, 0) is 26.0 Å². The van der Waals surface area contributed by atoms with Crippen LogP contribution < -0.4 is 10.5 Å². The van der Waals surface area contributed by atoms with E-state index < -0.39 is 34.0 Å². The lowest BCUT2D eigenvalue weighted by atomic mass is 10.1. The summed E-state index contributed by atoms with van der Waals surface area (Å²) in [5, 5.41) is 18.3. The molecule has 0 spiro atoms. The quantitative estimate of drug-likeness (QED) is 0.330. The van der Waals surface area contributed by atoms with Crippen LogP contribution in [0.4, 0.5) is 0 Å². The number of carbonyl (C=O) groups is 2. The molecule has 9 nitrogen and oxygen atoms in total. The Hall–Kier alpha value is -3.34. The summed E-state index contributed by atoms with van der Waals surface area (Å²) in [6, 6.07) is 17.6. The summed E-state index contributed by atoms with van der Waals surface area (Å²) < 4.78 is 27.4. The largest absolute Gasteiger partial charge is 0.480 e. The minimum atomic E-state index is -4.04. The second-order valence-corrected chi connectivity index (χ2v) is 10.1. The maximum absolute atomic E-state index is 12.6. The molecule has 3 aromatic rings. The molecule has 0 fully saturated rings. The summed E-state index contributed by atoms with van der Waals surface area (Å²) in [7, 11) is -4.04. The van der Waals surface area contributed by atoms with Crippen LogP contribution in [0.15, 0.2) is 71.8 Å². The summed E-state index contributed by atoms with van der Waals surface area (Å²) in [6.45, 7) is 3.89. The lowest BCUT2D eigenvalue weighted by molar-refractivity contribution is -0.139. The van der Waals surface area contributed by atoms with Gasteiger partial charge in [-0.2, -0.15) is 4.72 Å². The van der Waals surface area contributed by atoms with Crippen molar-refractivity contribution in [1.82, 2.24) is 9.71 Å². The Morgan fingerprint density at radius 1 is 0.943 bits per heavy atom. The standard InChI is InChI=1S/C19H18N2O4S.C6H13NO2/c22-19(23)17(12-10-14-6-2-1-3-7-14)21-26(24,25)18-13-11-15-8-4-5-9-16(15)20-18;1-4(2)3-5(7)6(8)9/h1-9,11,13,17,21H,10,12H2,(H,22,23);4-5H,3,7H2,1-2H3,(H,8,9)/t17-;5-/m00/s1. The first-order chi connectivity index (χ1) is 16.5. The van der Waals surface area contributed by atoms with E-state index in [1.807, 2.05) is 56.3 Å². The molecule has 2 atom stereocenters. The first-order valence-electron chi connectivity index (χ1n) is 11.1. The first kappa shape index (κ1) is 27.9. The number of rotatable bonds is 10. The maximum Gasteiger partial charge on any atom is 0.321 e. The number of aromatic nitrogens is 1. The van der Waals surface area contributed by atoms with Gasteiger partial charge < -0.3 is 15.9 Å². The van der Waals surface area contributed by atoms with Crippen molar-refractivity contribution in [2.75, 3.05) is 0 Å².